The Morgan fingerprint density at radius 2 is 2.06 bits per heavy atom. The van der Waals surface area contributed by atoms with Gasteiger partial charge in [-0.15, -0.1) is 0 Å². The molecule has 94 valence electrons. The molecule has 2 aromatic rings. The van der Waals surface area contributed by atoms with E-state index in [0.29, 0.717) is 5.69 Å². The van der Waals surface area contributed by atoms with Gasteiger partial charge in [-0.1, -0.05) is 39.7 Å². The number of ether oxygens (including phenoxy) is 1. The summed E-state index contributed by atoms with van der Waals surface area (Å²) < 4.78 is 19.8. The van der Waals surface area contributed by atoms with Crippen LogP contribution in [-0.2, 0) is 6.61 Å². The summed E-state index contributed by atoms with van der Waals surface area (Å²) in [5.74, 6) is -0.445. The molecule has 0 radical (unpaired) electrons. The number of hydrogen-bond donors (Lipinski definition) is 1. The molecule has 0 amide bonds. The predicted molar refractivity (Wildman–Crippen MR) is 74.3 cm³/mol. The number of anilines is 1. The van der Waals surface area contributed by atoms with Gasteiger partial charge in [-0.25, -0.2) is 4.39 Å². The molecule has 0 saturated carbocycles. The fourth-order valence-electron chi connectivity index (χ4n) is 1.45. The highest BCUT2D eigenvalue weighted by molar-refractivity contribution is 9.10. The maximum absolute atomic E-state index is 13.6. The third-order valence-corrected chi connectivity index (χ3v) is 3.19. The summed E-state index contributed by atoms with van der Waals surface area (Å²) in [7, 11) is 0. The minimum Gasteiger partial charge on any atom is -0.486 e. The quantitative estimate of drug-likeness (QED) is 0.846. The summed E-state index contributed by atoms with van der Waals surface area (Å²) in [5.41, 5.74) is 7.20. The highest BCUT2D eigenvalue weighted by atomic mass is 79.9. The highest BCUT2D eigenvalue weighted by Crippen LogP contribution is 2.26. The van der Waals surface area contributed by atoms with Crippen LogP contribution in [0.3, 0.4) is 0 Å². The molecular weight excluding hydrogens is 321 g/mol. The monoisotopic (exact) mass is 329 g/mol. The Balaban J connectivity index is 2.14. The van der Waals surface area contributed by atoms with E-state index in [1.807, 2.05) is 12.1 Å². The Morgan fingerprint density at radius 1 is 1.28 bits per heavy atom. The summed E-state index contributed by atoms with van der Waals surface area (Å²) in [6.07, 6.45) is 0. The van der Waals surface area contributed by atoms with E-state index in [-0.39, 0.29) is 17.4 Å². The molecule has 0 spiro atoms. The lowest BCUT2D eigenvalue weighted by Crippen LogP contribution is -2.01. The van der Waals surface area contributed by atoms with Gasteiger partial charge in [0.25, 0.3) is 0 Å². The molecule has 2 aromatic carbocycles. The van der Waals surface area contributed by atoms with E-state index in [0.717, 1.165) is 10.0 Å². The van der Waals surface area contributed by atoms with Crippen LogP contribution in [0.1, 0.15) is 5.56 Å². The molecule has 0 saturated heterocycles. The van der Waals surface area contributed by atoms with Crippen LogP contribution in [0.2, 0.25) is 5.02 Å². The van der Waals surface area contributed by atoms with Crippen LogP contribution in [0.5, 0.6) is 5.75 Å². The number of nitrogen functional groups attached to an aromatic ring is 1. The second-order valence-corrected chi connectivity index (χ2v) is 5.01. The molecular formula is C13H10BrClFNO. The van der Waals surface area contributed by atoms with E-state index in [1.165, 1.54) is 12.1 Å². The Bertz CT molecular complexity index is 577. The topological polar surface area (TPSA) is 35.2 Å². The van der Waals surface area contributed by atoms with Crippen molar-refractivity contribution in [1.29, 1.82) is 0 Å². The molecule has 0 fully saturated rings. The van der Waals surface area contributed by atoms with Crippen molar-refractivity contribution < 1.29 is 9.13 Å². The first-order valence-electron chi connectivity index (χ1n) is 5.18. The lowest BCUT2D eigenvalue weighted by molar-refractivity contribution is 0.291. The molecule has 5 heteroatoms. The van der Waals surface area contributed by atoms with E-state index in [2.05, 4.69) is 15.9 Å². The van der Waals surface area contributed by atoms with E-state index in [4.69, 9.17) is 22.1 Å². The summed E-state index contributed by atoms with van der Waals surface area (Å²) in [6, 6.07) is 10.1. The molecule has 0 bridgehead atoms. The largest absolute Gasteiger partial charge is 0.486 e. The second kappa shape index (κ2) is 5.59. The standard InChI is InChI=1S/C13H10BrClFNO/c14-9-5-4-8(11(17)6-9)7-18-12-3-1-2-10(15)13(12)16/h1-6H,7,17H2. The average molecular weight is 331 g/mol. The Morgan fingerprint density at radius 3 is 2.78 bits per heavy atom. The zero-order valence-electron chi connectivity index (χ0n) is 9.29. The van der Waals surface area contributed by atoms with E-state index in [9.17, 15) is 4.39 Å². The molecule has 2 N–H and O–H groups in total. The van der Waals surface area contributed by atoms with Gasteiger partial charge in [0.2, 0.25) is 0 Å². The maximum Gasteiger partial charge on any atom is 0.183 e. The predicted octanol–water partition coefficient (Wildman–Crippen LogP) is 4.40. The van der Waals surface area contributed by atoms with Gasteiger partial charge in [-0.05, 0) is 24.3 Å². The van der Waals surface area contributed by atoms with Gasteiger partial charge in [0.15, 0.2) is 11.6 Å². The molecule has 2 nitrogen and oxygen atoms in total. The summed E-state index contributed by atoms with van der Waals surface area (Å²) >= 11 is 8.98. The van der Waals surface area contributed by atoms with Crippen molar-refractivity contribution in [3.63, 3.8) is 0 Å². The van der Waals surface area contributed by atoms with Crippen molar-refractivity contribution in [3.8, 4) is 5.75 Å². The van der Waals surface area contributed by atoms with Gasteiger partial charge < -0.3 is 10.5 Å². The van der Waals surface area contributed by atoms with Crippen LogP contribution in [0.25, 0.3) is 0 Å². The number of rotatable bonds is 3. The van der Waals surface area contributed by atoms with Gasteiger partial charge in [0.05, 0.1) is 5.02 Å². The number of nitrogens with two attached hydrogens (primary N) is 1. The molecule has 0 unspecified atom stereocenters. The Kier molecular flexibility index (Phi) is 4.09. The first-order chi connectivity index (χ1) is 8.58. The Hall–Kier alpha value is -1.26. The van der Waals surface area contributed by atoms with E-state index < -0.39 is 5.82 Å². The van der Waals surface area contributed by atoms with Crippen molar-refractivity contribution >= 4 is 33.2 Å². The molecule has 0 aliphatic rings. The van der Waals surface area contributed by atoms with Crippen LogP contribution in [0.15, 0.2) is 40.9 Å². The van der Waals surface area contributed by atoms with Crippen LogP contribution >= 0.6 is 27.5 Å². The molecule has 0 aliphatic carbocycles. The van der Waals surface area contributed by atoms with Crippen LogP contribution in [0, 0.1) is 5.82 Å². The van der Waals surface area contributed by atoms with Gasteiger partial charge in [0, 0.05) is 15.7 Å². The van der Waals surface area contributed by atoms with Crippen LogP contribution in [0.4, 0.5) is 10.1 Å². The van der Waals surface area contributed by atoms with Crippen molar-refractivity contribution in [1.82, 2.24) is 0 Å². The van der Waals surface area contributed by atoms with Gasteiger partial charge in [0.1, 0.15) is 6.61 Å². The normalized spacial score (nSPS) is 10.4. The third-order valence-electron chi connectivity index (χ3n) is 2.41. The van der Waals surface area contributed by atoms with Crippen molar-refractivity contribution in [2.24, 2.45) is 0 Å². The molecule has 2 rings (SSSR count). The minimum atomic E-state index is -0.560. The minimum absolute atomic E-state index is 0.0382. The summed E-state index contributed by atoms with van der Waals surface area (Å²) in [6.45, 7) is 0.191. The number of benzene rings is 2. The van der Waals surface area contributed by atoms with Crippen LogP contribution in [-0.4, -0.2) is 0 Å². The van der Waals surface area contributed by atoms with E-state index in [1.54, 1.807) is 12.1 Å². The molecule has 0 aliphatic heterocycles. The number of hydrogen-bond acceptors (Lipinski definition) is 2. The summed E-state index contributed by atoms with van der Waals surface area (Å²) in [5, 5.41) is 0.0382. The lowest BCUT2D eigenvalue weighted by Gasteiger charge is -2.10. The van der Waals surface area contributed by atoms with Crippen molar-refractivity contribution in [3.05, 3.63) is 57.3 Å². The molecule has 0 atom stereocenters. The average Bonchev–Trinajstić information content (AvgIpc) is 2.33. The SMILES string of the molecule is Nc1cc(Br)ccc1COc1cccc(Cl)c1F. The van der Waals surface area contributed by atoms with Gasteiger partial charge in [-0.3, -0.25) is 0 Å². The fraction of sp³-hybridized carbons (Fsp3) is 0.0769. The first-order valence-corrected chi connectivity index (χ1v) is 6.35. The fourth-order valence-corrected chi connectivity index (χ4v) is 1.99. The van der Waals surface area contributed by atoms with Gasteiger partial charge >= 0.3 is 0 Å². The molecule has 18 heavy (non-hydrogen) atoms. The van der Waals surface area contributed by atoms with E-state index >= 15 is 0 Å². The van der Waals surface area contributed by atoms with Crippen LogP contribution < -0.4 is 10.5 Å². The zero-order valence-corrected chi connectivity index (χ0v) is 11.6. The third kappa shape index (κ3) is 2.94. The highest BCUT2D eigenvalue weighted by Gasteiger charge is 2.08. The molecule has 0 aromatic heterocycles. The smallest absolute Gasteiger partial charge is 0.183 e. The van der Waals surface area contributed by atoms with Crippen molar-refractivity contribution in [2.75, 3.05) is 5.73 Å². The zero-order chi connectivity index (χ0) is 13.1. The molecule has 0 heterocycles. The van der Waals surface area contributed by atoms with Crippen molar-refractivity contribution in [2.45, 2.75) is 6.61 Å². The first kappa shape index (κ1) is 13.2. The number of halogens is 3. The van der Waals surface area contributed by atoms with Gasteiger partial charge in [-0.2, -0.15) is 0 Å². The second-order valence-electron chi connectivity index (χ2n) is 3.68. The summed E-state index contributed by atoms with van der Waals surface area (Å²) in [4.78, 5) is 0. The lowest BCUT2D eigenvalue weighted by atomic mass is 10.2. The maximum atomic E-state index is 13.6. The Labute approximate surface area is 118 Å².